The molecule has 1 unspecified atom stereocenters. The van der Waals surface area contributed by atoms with Crippen molar-refractivity contribution in [3.05, 3.63) is 85.1 Å². The Kier molecular flexibility index (Phi) is 48.5. The molecular formula is C57H96O6. The number of hydrogen-bond donors (Lipinski definition) is 0. The smallest absolute Gasteiger partial charge is 0.306 e. The first-order valence-electron chi connectivity index (χ1n) is 26.1. The lowest BCUT2D eigenvalue weighted by Crippen LogP contribution is -2.30. The second kappa shape index (κ2) is 51.2. The predicted molar refractivity (Wildman–Crippen MR) is 270 cm³/mol. The summed E-state index contributed by atoms with van der Waals surface area (Å²) in [5.74, 6) is -0.936. The Morgan fingerprint density at radius 1 is 0.333 bits per heavy atom. The molecule has 360 valence electrons. The van der Waals surface area contributed by atoms with Gasteiger partial charge >= 0.3 is 17.9 Å². The van der Waals surface area contributed by atoms with E-state index in [4.69, 9.17) is 14.2 Å². The molecule has 6 nitrogen and oxygen atoms in total. The zero-order valence-corrected chi connectivity index (χ0v) is 41.1. The minimum atomic E-state index is -0.792. The second-order valence-electron chi connectivity index (χ2n) is 17.1. The van der Waals surface area contributed by atoms with Gasteiger partial charge in [0.05, 0.1) is 0 Å². The van der Waals surface area contributed by atoms with Crippen molar-refractivity contribution < 1.29 is 28.6 Å². The summed E-state index contributed by atoms with van der Waals surface area (Å²) in [6.45, 7) is 6.43. The van der Waals surface area contributed by atoms with E-state index in [-0.39, 0.29) is 31.1 Å². The number of carbonyl (C=O) groups is 3. The molecule has 0 bridgehead atoms. The van der Waals surface area contributed by atoms with Gasteiger partial charge in [-0.3, -0.25) is 14.4 Å². The van der Waals surface area contributed by atoms with Crippen molar-refractivity contribution >= 4 is 17.9 Å². The number of esters is 3. The predicted octanol–water partition coefficient (Wildman–Crippen LogP) is 17.2. The molecule has 0 aromatic rings. The summed E-state index contributed by atoms with van der Waals surface area (Å²) in [5.41, 5.74) is 0. The maximum Gasteiger partial charge on any atom is 0.306 e. The van der Waals surface area contributed by atoms with Crippen LogP contribution in [-0.4, -0.2) is 37.2 Å². The third-order valence-corrected chi connectivity index (χ3v) is 10.9. The molecule has 0 amide bonds. The number of carbonyl (C=O) groups excluding carboxylic acids is 3. The van der Waals surface area contributed by atoms with Gasteiger partial charge in [0.1, 0.15) is 13.2 Å². The van der Waals surface area contributed by atoms with E-state index in [0.717, 1.165) is 116 Å². The highest BCUT2D eigenvalue weighted by molar-refractivity contribution is 5.71. The first-order chi connectivity index (χ1) is 31.0. The molecule has 6 heteroatoms. The Hall–Kier alpha value is -3.41. The van der Waals surface area contributed by atoms with Gasteiger partial charge < -0.3 is 14.2 Å². The van der Waals surface area contributed by atoms with E-state index in [0.29, 0.717) is 19.3 Å². The van der Waals surface area contributed by atoms with Crippen LogP contribution >= 0.6 is 0 Å². The zero-order chi connectivity index (χ0) is 45.8. The molecule has 63 heavy (non-hydrogen) atoms. The molecule has 0 aliphatic rings. The van der Waals surface area contributed by atoms with E-state index in [1.54, 1.807) is 0 Å². The molecule has 0 saturated heterocycles. The molecule has 0 saturated carbocycles. The van der Waals surface area contributed by atoms with E-state index in [1.807, 2.05) is 0 Å². The molecular weight excluding hydrogens is 781 g/mol. The van der Waals surface area contributed by atoms with Crippen LogP contribution in [0.5, 0.6) is 0 Å². The number of rotatable bonds is 46. The van der Waals surface area contributed by atoms with E-state index >= 15 is 0 Å². The third kappa shape index (κ3) is 49.5. The number of allylic oxidation sites excluding steroid dienone is 14. The van der Waals surface area contributed by atoms with Crippen molar-refractivity contribution in [2.24, 2.45) is 0 Å². The standard InChI is InChI=1S/C57H96O6/c1-4-7-10-13-16-18-20-22-24-26-27-28-29-31-32-34-36-38-41-44-47-50-56(59)62-53-54(52-61-55(58)49-46-43-40-15-12-9-6-3)63-57(60)51-48-45-42-39-37-35-33-30-25-23-21-19-17-14-11-8-5-2/h8,11,17,19-20,22-23,25-27,29,31,33,35,54H,4-7,9-10,12-16,18,21,24,28,30,32,34,36-53H2,1-3H3/b11-8-,19-17-,22-20-,25-23-,27-26-,31-29-,35-33-. The van der Waals surface area contributed by atoms with E-state index < -0.39 is 6.10 Å². The van der Waals surface area contributed by atoms with Crippen molar-refractivity contribution in [1.82, 2.24) is 0 Å². The fourth-order valence-electron chi connectivity index (χ4n) is 6.97. The van der Waals surface area contributed by atoms with Gasteiger partial charge in [-0.2, -0.15) is 0 Å². The van der Waals surface area contributed by atoms with Crippen molar-refractivity contribution in [2.75, 3.05) is 13.2 Å². The molecule has 0 heterocycles. The molecule has 1 atom stereocenters. The minimum Gasteiger partial charge on any atom is -0.462 e. The van der Waals surface area contributed by atoms with E-state index in [1.165, 1.54) is 83.5 Å². The lowest BCUT2D eigenvalue weighted by atomic mass is 10.1. The lowest BCUT2D eigenvalue weighted by Gasteiger charge is -2.18. The van der Waals surface area contributed by atoms with Gasteiger partial charge in [0.15, 0.2) is 6.10 Å². The van der Waals surface area contributed by atoms with E-state index in [2.05, 4.69) is 106 Å². The Morgan fingerprint density at radius 2 is 0.619 bits per heavy atom. The van der Waals surface area contributed by atoms with Crippen LogP contribution in [0.3, 0.4) is 0 Å². The van der Waals surface area contributed by atoms with Gasteiger partial charge in [0.2, 0.25) is 0 Å². The van der Waals surface area contributed by atoms with Gasteiger partial charge in [-0.05, 0) is 96.3 Å². The third-order valence-electron chi connectivity index (χ3n) is 10.9. The maximum absolute atomic E-state index is 12.8. The molecule has 0 spiro atoms. The van der Waals surface area contributed by atoms with Crippen molar-refractivity contribution in [3.63, 3.8) is 0 Å². The number of unbranched alkanes of at least 4 members (excludes halogenated alkanes) is 21. The topological polar surface area (TPSA) is 78.9 Å². The fourth-order valence-corrected chi connectivity index (χ4v) is 6.97. The van der Waals surface area contributed by atoms with Crippen molar-refractivity contribution in [1.29, 1.82) is 0 Å². The monoisotopic (exact) mass is 877 g/mol. The zero-order valence-electron chi connectivity index (χ0n) is 41.1. The molecule has 0 radical (unpaired) electrons. The van der Waals surface area contributed by atoms with Gasteiger partial charge in [-0.1, -0.05) is 209 Å². The second-order valence-corrected chi connectivity index (χ2v) is 17.1. The minimum absolute atomic E-state index is 0.0912. The highest BCUT2D eigenvalue weighted by atomic mass is 16.6. The van der Waals surface area contributed by atoms with Gasteiger partial charge in [0, 0.05) is 19.3 Å². The van der Waals surface area contributed by atoms with Crippen molar-refractivity contribution in [3.8, 4) is 0 Å². The molecule has 0 N–H and O–H groups in total. The molecule has 0 aromatic carbocycles. The summed E-state index contributed by atoms with van der Waals surface area (Å²) in [7, 11) is 0. The largest absolute Gasteiger partial charge is 0.462 e. The summed E-state index contributed by atoms with van der Waals surface area (Å²) in [5, 5.41) is 0. The van der Waals surface area contributed by atoms with Crippen LogP contribution in [0, 0.1) is 0 Å². The van der Waals surface area contributed by atoms with Crippen LogP contribution < -0.4 is 0 Å². The maximum atomic E-state index is 12.8. The summed E-state index contributed by atoms with van der Waals surface area (Å²) in [4.78, 5) is 37.8. The van der Waals surface area contributed by atoms with Gasteiger partial charge in [-0.15, -0.1) is 0 Å². The average Bonchev–Trinajstić information content (AvgIpc) is 3.28. The summed E-state index contributed by atoms with van der Waals surface area (Å²) < 4.78 is 16.7. The van der Waals surface area contributed by atoms with Crippen LogP contribution in [0.25, 0.3) is 0 Å². The lowest BCUT2D eigenvalue weighted by molar-refractivity contribution is -0.167. The van der Waals surface area contributed by atoms with Crippen LogP contribution in [0.2, 0.25) is 0 Å². The fraction of sp³-hybridized carbons (Fsp3) is 0.702. The summed E-state index contributed by atoms with van der Waals surface area (Å²) >= 11 is 0. The van der Waals surface area contributed by atoms with Gasteiger partial charge in [0.25, 0.3) is 0 Å². The van der Waals surface area contributed by atoms with Crippen LogP contribution in [-0.2, 0) is 28.6 Å². The average molecular weight is 877 g/mol. The number of ether oxygens (including phenoxy) is 3. The quantitative estimate of drug-likeness (QED) is 0.0262. The first kappa shape index (κ1) is 59.6. The van der Waals surface area contributed by atoms with Crippen LogP contribution in [0.1, 0.15) is 239 Å². The summed E-state index contributed by atoms with van der Waals surface area (Å²) in [6, 6.07) is 0. The first-order valence-corrected chi connectivity index (χ1v) is 26.1. The highest BCUT2D eigenvalue weighted by Crippen LogP contribution is 2.13. The molecule has 0 rings (SSSR count). The van der Waals surface area contributed by atoms with E-state index in [9.17, 15) is 14.4 Å². The molecule has 0 fully saturated rings. The van der Waals surface area contributed by atoms with Crippen molar-refractivity contribution in [2.45, 2.75) is 245 Å². The van der Waals surface area contributed by atoms with Crippen LogP contribution in [0.4, 0.5) is 0 Å². The Bertz CT molecular complexity index is 1240. The normalized spacial score (nSPS) is 12.7. The molecule has 0 aliphatic carbocycles. The van der Waals surface area contributed by atoms with Gasteiger partial charge in [-0.25, -0.2) is 0 Å². The SMILES string of the molecule is CC/C=C\C/C=C\C/C=C\C/C=C\CCCCCCC(=O)OC(COC(=O)CCCCCCCCC)COC(=O)CCCCCCCC/C=C\C/C=C\C/C=C\CCCCCCC. The Morgan fingerprint density at radius 3 is 0.968 bits per heavy atom. The Balaban J connectivity index is 4.32. The Labute approximate surface area is 388 Å². The summed E-state index contributed by atoms with van der Waals surface area (Å²) in [6.07, 6.45) is 65.8. The molecule has 0 aromatic heterocycles. The highest BCUT2D eigenvalue weighted by Gasteiger charge is 2.19. The molecule has 0 aliphatic heterocycles. The number of hydrogen-bond acceptors (Lipinski definition) is 6. The van der Waals surface area contributed by atoms with Crippen LogP contribution in [0.15, 0.2) is 85.1 Å².